The molecule has 14 heavy (non-hydrogen) atoms. The molecule has 0 saturated heterocycles. The van der Waals surface area contributed by atoms with Gasteiger partial charge in [-0.25, -0.2) is 0 Å². The van der Waals surface area contributed by atoms with Crippen LogP contribution in [-0.4, -0.2) is 38.5 Å². The highest BCUT2D eigenvalue weighted by atomic mass is 32.1. The first-order valence-electron chi connectivity index (χ1n) is 5.26. The van der Waals surface area contributed by atoms with Crippen molar-refractivity contribution in [3.05, 3.63) is 0 Å². The zero-order valence-corrected chi connectivity index (χ0v) is 10.1. The van der Waals surface area contributed by atoms with Crippen LogP contribution in [0.1, 0.15) is 26.7 Å². The van der Waals surface area contributed by atoms with E-state index in [4.69, 9.17) is 14.2 Å². The highest BCUT2D eigenvalue weighted by molar-refractivity contribution is 7.80. The Bertz CT molecular complexity index is 104. The van der Waals surface area contributed by atoms with E-state index in [9.17, 15) is 0 Å². The van der Waals surface area contributed by atoms with Crippen LogP contribution >= 0.6 is 12.6 Å². The van der Waals surface area contributed by atoms with Crippen molar-refractivity contribution in [3.8, 4) is 0 Å². The highest BCUT2D eigenvalue weighted by Gasteiger charge is 2.08. The smallest absolute Gasteiger partial charge is 0.180 e. The Hall–Kier alpha value is 0.230. The molecule has 0 aliphatic rings. The summed E-state index contributed by atoms with van der Waals surface area (Å²) in [5.74, 6) is 0.708. The Labute approximate surface area is 92.5 Å². The Morgan fingerprint density at radius 3 is 2.21 bits per heavy atom. The third-order valence-electron chi connectivity index (χ3n) is 1.51. The molecule has 4 heteroatoms. The minimum atomic E-state index is -0.228. The van der Waals surface area contributed by atoms with E-state index in [0.29, 0.717) is 25.6 Å². The van der Waals surface area contributed by atoms with Crippen molar-refractivity contribution in [1.29, 1.82) is 0 Å². The number of hydrogen-bond donors (Lipinski definition) is 1. The van der Waals surface area contributed by atoms with Crippen LogP contribution in [0.4, 0.5) is 0 Å². The average molecular weight is 222 g/mol. The maximum atomic E-state index is 5.46. The molecule has 0 amide bonds. The maximum Gasteiger partial charge on any atom is 0.180 e. The van der Waals surface area contributed by atoms with Gasteiger partial charge in [0.05, 0.1) is 13.2 Å². The number of thiol groups is 1. The van der Waals surface area contributed by atoms with Crippen molar-refractivity contribution in [2.24, 2.45) is 0 Å². The van der Waals surface area contributed by atoms with Gasteiger partial charge in [-0.2, -0.15) is 12.6 Å². The Morgan fingerprint density at radius 2 is 1.64 bits per heavy atom. The van der Waals surface area contributed by atoms with E-state index >= 15 is 0 Å². The summed E-state index contributed by atoms with van der Waals surface area (Å²) in [6.07, 6.45) is 1.79. The van der Waals surface area contributed by atoms with Gasteiger partial charge in [-0.1, -0.05) is 13.8 Å². The van der Waals surface area contributed by atoms with Crippen molar-refractivity contribution in [2.45, 2.75) is 33.0 Å². The number of hydrogen-bond acceptors (Lipinski definition) is 4. The lowest BCUT2D eigenvalue weighted by molar-refractivity contribution is -0.169. The minimum absolute atomic E-state index is 0.228. The molecule has 0 radical (unpaired) electrons. The van der Waals surface area contributed by atoms with Crippen LogP contribution in [0.2, 0.25) is 0 Å². The molecule has 0 heterocycles. The normalized spacial score (nSPS) is 13.1. The van der Waals surface area contributed by atoms with E-state index in [-0.39, 0.29) is 6.29 Å². The second-order valence-corrected chi connectivity index (χ2v) is 3.42. The summed E-state index contributed by atoms with van der Waals surface area (Å²) >= 11 is 4.07. The lowest BCUT2D eigenvalue weighted by atomic mass is 10.5. The van der Waals surface area contributed by atoms with Gasteiger partial charge in [0.25, 0.3) is 0 Å². The molecule has 3 nitrogen and oxygen atoms in total. The summed E-state index contributed by atoms with van der Waals surface area (Å²) in [6, 6.07) is 0. The van der Waals surface area contributed by atoms with Gasteiger partial charge < -0.3 is 14.2 Å². The minimum Gasteiger partial charge on any atom is -0.376 e. The van der Waals surface area contributed by atoms with Crippen LogP contribution in [0.3, 0.4) is 0 Å². The van der Waals surface area contributed by atoms with Crippen molar-refractivity contribution < 1.29 is 14.2 Å². The largest absolute Gasteiger partial charge is 0.376 e. The van der Waals surface area contributed by atoms with E-state index in [1.165, 1.54) is 0 Å². The predicted molar refractivity (Wildman–Crippen MR) is 60.9 cm³/mol. The fourth-order valence-corrected chi connectivity index (χ4v) is 1.01. The molecule has 0 N–H and O–H groups in total. The van der Waals surface area contributed by atoms with Crippen molar-refractivity contribution in [2.75, 3.05) is 32.2 Å². The number of rotatable bonds is 10. The fraction of sp³-hybridized carbons (Fsp3) is 1.00. The summed E-state index contributed by atoms with van der Waals surface area (Å²) in [7, 11) is 0. The molecule has 0 fully saturated rings. The molecular weight excluding hydrogens is 200 g/mol. The third kappa shape index (κ3) is 8.81. The molecule has 0 aromatic carbocycles. The average Bonchev–Trinajstić information content (AvgIpc) is 2.21. The van der Waals surface area contributed by atoms with E-state index in [1.807, 2.05) is 0 Å². The lowest BCUT2D eigenvalue weighted by Crippen LogP contribution is -2.25. The van der Waals surface area contributed by atoms with Gasteiger partial charge in [-0.3, -0.25) is 0 Å². The van der Waals surface area contributed by atoms with Gasteiger partial charge in [0.2, 0.25) is 0 Å². The van der Waals surface area contributed by atoms with Crippen LogP contribution in [0.5, 0.6) is 0 Å². The van der Waals surface area contributed by atoms with Gasteiger partial charge >= 0.3 is 0 Å². The van der Waals surface area contributed by atoms with Crippen LogP contribution in [0, 0.1) is 0 Å². The second-order valence-electron chi connectivity index (χ2n) is 2.97. The molecule has 0 spiro atoms. The topological polar surface area (TPSA) is 27.7 Å². The van der Waals surface area contributed by atoms with E-state index in [1.54, 1.807) is 0 Å². The summed E-state index contributed by atoms with van der Waals surface area (Å²) < 4.78 is 16.2. The van der Waals surface area contributed by atoms with Gasteiger partial charge in [-0.15, -0.1) is 0 Å². The first-order chi connectivity index (χ1) is 6.85. The summed E-state index contributed by atoms with van der Waals surface area (Å²) in [4.78, 5) is 0. The lowest BCUT2D eigenvalue weighted by Gasteiger charge is -2.17. The zero-order valence-electron chi connectivity index (χ0n) is 9.20. The fourth-order valence-electron chi connectivity index (χ4n) is 0.902. The van der Waals surface area contributed by atoms with Gasteiger partial charge in [-0.05, 0) is 12.8 Å². The van der Waals surface area contributed by atoms with E-state index in [0.717, 1.165) is 19.4 Å². The SMILES string of the molecule is CCCOCC(OCCC)OCCS. The van der Waals surface area contributed by atoms with E-state index in [2.05, 4.69) is 26.5 Å². The molecule has 0 rings (SSSR count). The molecule has 0 bridgehead atoms. The van der Waals surface area contributed by atoms with E-state index < -0.39 is 0 Å². The molecule has 86 valence electrons. The molecular formula is C10H22O3S. The van der Waals surface area contributed by atoms with Crippen LogP contribution in [0.25, 0.3) is 0 Å². The summed E-state index contributed by atoms with van der Waals surface area (Å²) in [6.45, 7) is 6.75. The molecule has 0 aliphatic carbocycles. The Balaban J connectivity index is 3.49. The van der Waals surface area contributed by atoms with Crippen molar-refractivity contribution in [1.82, 2.24) is 0 Å². The standard InChI is InChI=1S/C10H22O3S/c1-3-5-11-9-10(12-6-4-2)13-7-8-14/h10,14H,3-9H2,1-2H3. The van der Waals surface area contributed by atoms with Crippen LogP contribution in [0.15, 0.2) is 0 Å². The van der Waals surface area contributed by atoms with Crippen LogP contribution in [-0.2, 0) is 14.2 Å². The van der Waals surface area contributed by atoms with Crippen molar-refractivity contribution in [3.63, 3.8) is 0 Å². The quantitative estimate of drug-likeness (QED) is 0.348. The van der Waals surface area contributed by atoms with Crippen LogP contribution < -0.4 is 0 Å². The molecule has 0 saturated carbocycles. The molecule has 0 aromatic rings. The monoisotopic (exact) mass is 222 g/mol. The molecule has 0 aliphatic heterocycles. The first kappa shape index (κ1) is 14.2. The first-order valence-corrected chi connectivity index (χ1v) is 5.90. The zero-order chi connectivity index (χ0) is 10.6. The molecule has 0 aromatic heterocycles. The highest BCUT2D eigenvalue weighted by Crippen LogP contribution is 1.98. The predicted octanol–water partition coefficient (Wildman–Crippen LogP) is 2.11. The van der Waals surface area contributed by atoms with Gasteiger partial charge in [0.1, 0.15) is 0 Å². The van der Waals surface area contributed by atoms with Crippen molar-refractivity contribution >= 4 is 12.6 Å². The van der Waals surface area contributed by atoms with Gasteiger partial charge in [0, 0.05) is 19.0 Å². The summed E-state index contributed by atoms with van der Waals surface area (Å²) in [5, 5.41) is 0. The maximum absolute atomic E-state index is 5.46. The summed E-state index contributed by atoms with van der Waals surface area (Å²) in [5.41, 5.74) is 0. The second kappa shape index (κ2) is 11.3. The Kier molecular flexibility index (Phi) is 11.5. The third-order valence-corrected chi connectivity index (χ3v) is 1.69. The molecule has 1 unspecified atom stereocenters. The number of ether oxygens (including phenoxy) is 3. The molecule has 1 atom stereocenters. The Morgan fingerprint density at radius 1 is 1.00 bits per heavy atom. The van der Waals surface area contributed by atoms with Gasteiger partial charge in [0.15, 0.2) is 6.29 Å².